The van der Waals surface area contributed by atoms with E-state index in [0.717, 1.165) is 37.5 Å². The smallest absolute Gasteiger partial charge is 0.329 e. The quantitative estimate of drug-likeness (QED) is 0.135. The maximum absolute atomic E-state index is 13.2. The van der Waals surface area contributed by atoms with Gasteiger partial charge >= 0.3 is 5.97 Å². The van der Waals surface area contributed by atoms with Gasteiger partial charge in [-0.05, 0) is 65.4 Å². The Morgan fingerprint density at radius 2 is 1.49 bits per heavy atom. The van der Waals surface area contributed by atoms with E-state index in [4.69, 9.17) is 9.15 Å². The number of esters is 1. The van der Waals surface area contributed by atoms with Gasteiger partial charge in [-0.25, -0.2) is 9.00 Å². The van der Waals surface area contributed by atoms with E-state index in [1.165, 1.54) is 7.11 Å². The largest absolute Gasteiger partial charge is 0.467 e. The van der Waals surface area contributed by atoms with E-state index in [1.807, 2.05) is 67.6 Å². The standard InChI is InChI=1S/C34H32N2O6S/c1-21(2)31(34(38)41-4)36(43(39)40)27-19-15-24(16-20-27)23-13-17-26(18-14-23)35-33(37)32-22(3)30-28(11-8-12-29(30)42-32)25-9-6-5-7-10-25/h5-21,31H,1-4H3,(H,35,37)(H,39,40). The van der Waals surface area contributed by atoms with Crippen molar-refractivity contribution in [2.24, 2.45) is 5.92 Å². The van der Waals surface area contributed by atoms with E-state index in [1.54, 1.807) is 50.2 Å². The summed E-state index contributed by atoms with van der Waals surface area (Å²) in [5, 5.41) is 3.84. The molecule has 2 N–H and O–H groups in total. The van der Waals surface area contributed by atoms with Gasteiger partial charge in [0.15, 0.2) is 5.76 Å². The molecule has 2 unspecified atom stereocenters. The average molecular weight is 597 g/mol. The van der Waals surface area contributed by atoms with Crippen LogP contribution in [0.5, 0.6) is 0 Å². The number of carbonyl (C=O) groups is 2. The number of rotatable bonds is 9. The Morgan fingerprint density at radius 3 is 2.07 bits per heavy atom. The third-order valence-corrected chi connectivity index (χ3v) is 8.11. The normalized spacial score (nSPS) is 12.6. The van der Waals surface area contributed by atoms with Crippen molar-refractivity contribution in [2.75, 3.05) is 16.7 Å². The minimum Gasteiger partial charge on any atom is -0.467 e. The average Bonchev–Trinajstić information content (AvgIpc) is 3.36. The lowest BCUT2D eigenvalue weighted by Gasteiger charge is -2.30. The Morgan fingerprint density at radius 1 is 0.860 bits per heavy atom. The lowest BCUT2D eigenvalue weighted by atomic mass is 9.99. The number of ether oxygens (including phenoxy) is 1. The Hall–Kier alpha value is -4.73. The third-order valence-electron chi connectivity index (χ3n) is 7.34. The van der Waals surface area contributed by atoms with Gasteiger partial charge < -0.3 is 14.5 Å². The Labute approximate surface area is 252 Å². The molecule has 0 aliphatic carbocycles. The van der Waals surface area contributed by atoms with Crippen molar-refractivity contribution in [3.63, 3.8) is 0 Å². The van der Waals surface area contributed by atoms with Gasteiger partial charge in [0, 0.05) is 16.6 Å². The molecule has 1 heterocycles. The SMILES string of the molecule is COC(=O)C(C(C)C)N(c1ccc(-c2ccc(NC(=O)c3oc4cccc(-c5ccccc5)c4c3C)cc2)cc1)S(=O)O. The minimum absolute atomic E-state index is 0.260. The summed E-state index contributed by atoms with van der Waals surface area (Å²) in [5.41, 5.74) is 6.22. The zero-order valence-corrected chi connectivity index (χ0v) is 25.1. The van der Waals surface area contributed by atoms with Crippen molar-refractivity contribution in [1.82, 2.24) is 0 Å². The zero-order valence-electron chi connectivity index (χ0n) is 24.2. The highest BCUT2D eigenvalue weighted by Gasteiger charge is 2.33. The molecule has 0 saturated heterocycles. The molecule has 0 aliphatic rings. The van der Waals surface area contributed by atoms with E-state index in [9.17, 15) is 18.4 Å². The van der Waals surface area contributed by atoms with Crippen LogP contribution in [0.3, 0.4) is 0 Å². The number of furan rings is 1. The number of benzene rings is 4. The highest BCUT2D eigenvalue weighted by atomic mass is 32.2. The van der Waals surface area contributed by atoms with Gasteiger partial charge in [0.1, 0.15) is 11.6 Å². The number of carbonyl (C=O) groups excluding carboxylic acids is 2. The predicted molar refractivity (Wildman–Crippen MR) is 170 cm³/mol. The minimum atomic E-state index is -2.44. The summed E-state index contributed by atoms with van der Waals surface area (Å²) >= 11 is -2.44. The van der Waals surface area contributed by atoms with Crippen LogP contribution in [0.1, 0.15) is 30.0 Å². The molecule has 220 valence electrons. The van der Waals surface area contributed by atoms with E-state index >= 15 is 0 Å². The van der Waals surface area contributed by atoms with Crippen LogP contribution in [0.25, 0.3) is 33.2 Å². The van der Waals surface area contributed by atoms with Crippen molar-refractivity contribution in [1.29, 1.82) is 0 Å². The van der Waals surface area contributed by atoms with Crippen LogP contribution in [0.15, 0.2) is 101 Å². The van der Waals surface area contributed by atoms with Gasteiger partial charge in [0.2, 0.25) is 0 Å². The Bertz CT molecular complexity index is 1780. The van der Waals surface area contributed by atoms with Crippen LogP contribution in [-0.4, -0.2) is 33.8 Å². The van der Waals surface area contributed by atoms with Gasteiger partial charge in [-0.3, -0.25) is 13.7 Å². The molecule has 0 fully saturated rings. The third kappa shape index (κ3) is 6.09. The zero-order chi connectivity index (χ0) is 30.7. The summed E-state index contributed by atoms with van der Waals surface area (Å²) < 4.78 is 34.2. The van der Waals surface area contributed by atoms with E-state index < -0.39 is 23.3 Å². The molecule has 8 nitrogen and oxygen atoms in total. The van der Waals surface area contributed by atoms with Crippen LogP contribution in [0.4, 0.5) is 11.4 Å². The van der Waals surface area contributed by atoms with Crippen LogP contribution in [0.2, 0.25) is 0 Å². The highest BCUT2D eigenvalue weighted by Crippen LogP contribution is 2.35. The van der Waals surface area contributed by atoms with Crippen molar-refractivity contribution in [2.45, 2.75) is 26.8 Å². The molecule has 5 aromatic rings. The second kappa shape index (κ2) is 12.6. The molecule has 5 rings (SSSR count). The predicted octanol–water partition coefficient (Wildman–Crippen LogP) is 7.47. The van der Waals surface area contributed by atoms with Gasteiger partial charge in [-0.1, -0.05) is 80.6 Å². The first-order chi connectivity index (χ1) is 20.7. The summed E-state index contributed by atoms with van der Waals surface area (Å²) in [6.45, 7) is 5.46. The van der Waals surface area contributed by atoms with Gasteiger partial charge in [0.05, 0.1) is 12.8 Å². The maximum Gasteiger partial charge on any atom is 0.329 e. The van der Waals surface area contributed by atoms with Crippen LogP contribution in [-0.2, 0) is 20.8 Å². The lowest BCUT2D eigenvalue weighted by Crippen LogP contribution is -2.46. The first-order valence-corrected chi connectivity index (χ1v) is 14.8. The number of fused-ring (bicyclic) bond motifs is 1. The number of aryl methyl sites for hydroxylation is 1. The second-order valence-electron chi connectivity index (χ2n) is 10.4. The molecule has 0 radical (unpaired) electrons. The Kier molecular flexibility index (Phi) is 8.75. The molecule has 0 saturated carbocycles. The lowest BCUT2D eigenvalue weighted by molar-refractivity contribution is -0.142. The maximum atomic E-state index is 13.2. The number of hydrogen-bond acceptors (Lipinski definition) is 5. The van der Waals surface area contributed by atoms with Crippen molar-refractivity contribution in [3.8, 4) is 22.3 Å². The molecule has 0 bridgehead atoms. The summed E-state index contributed by atoms with van der Waals surface area (Å²) in [5.74, 6) is -0.934. The van der Waals surface area contributed by atoms with Crippen LogP contribution >= 0.6 is 0 Å². The van der Waals surface area contributed by atoms with Crippen LogP contribution < -0.4 is 9.62 Å². The summed E-state index contributed by atoms with van der Waals surface area (Å²) in [6.07, 6.45) is 0. The second-order valence-corrected chi connectivity index (χ2v) is 11.3. The monoisotopic (exact) mass is 596 g/mol. The molecule has 1 aromatic heterocycles. The fourth-order valence-corrected chi connectivity index (χ4v) is 6.05. The van der Waals surface area contributed by atoms with Gasteiger partial charge in [-0.15, -0.1) is 0 Å². The van der Waals surface area contributed by atoms with Crippen molar-refractivity contribution < 1.29 is 27.5 Å². The summed E-state index contributed by atoms with van der Waals surface area (Å²) in [7, 11) is 1.25. The number of anilines is 2. The molecule has 1 amide bonds. The van der Waals surface area contributed by atoms with Gasteiger partial charge in [-0.2, -0.15) is 0 Å². The van der Waals surface area contributed by atoms with Crippen molar-refractivity contribution >= 4 is 45.5 Å². The first kappa shape index (κ1) is 29.8. The van der Waals surface area contributed by atoms with E-state index in [-0.39, 0.29) is 17.6 Å². The molecular formula is C34H32N2O6S. The number of nitrogens with one attached hydrogen (secondary N) is 1. The van der Waals surface area contributed by atoms with E-state index in [2.05, 4.69) is 5.32 Å². The number of amides is 1. The molecule has 2 atom stereocenters. The number of hydrogen-bond donors (Lipinski definition) is 2. The van der Waals surface area contributed by atoms with E-state index in [0.29, 0.717) is 17.0 Å². The number of nitrogens with zero attached hydrogens (tertiary/aromatic N) is 1. The molecule has 9 heteroatoms. The molecular weight excluding hydrogens is 564 g/mol. The molecule has 0 aliphatic heterocycles. The fraction of sp³-hybridized carbons (Fsp3) is 0.176. The van der Waals surface area contributed by atoms with Crippen molar-refractivity contribution in [3.05, 3.63) is 108 Å². The fourth-order valence-electron chi connectivity index (χ4n) is 5.22. The summed E-state index contributed by atoms with van der Waals surface area (Å²) in [6, 6.07) is 29.2. The van der Waals surface area contributed by atoms with Crippen LogP contribution in [0, 0.1) is 12.8 Å². The first-order valence-electron chi connectivity index (χ1n) is 13.8. The number of methoxy groups -OCH3 is 1. The molecule has 4 aromatic carbocycles. The molecule has 0 spiro atoms. The van der Waals surface area contributed by atoms with Gasteiger partial charge in [0.25, 0.3) is 17.2 Å². The summed E-state index contributed by atoms with van der Waals surface area (Å²) in [4.78, 5) is 25.6. The highest BCUT2D eigenvalue weighted by molar-refractivity contribution is 7.80. The molecule has 43 heavy (non-hydrogen) atoms. The topological polar surface area (TPSA) is 109 Å². The Balaban J connectivity index is 1.34.